The molecule has 0 radical (unpaired) electrons. The molecule has 94 valence electrons. The molecule has 0 spiro atoms. The van der Waals surface area contributed by atoms with E-state index in [1.807, 2.05) is 13.8 Å². The van der Waals surface area contributed by atoms with Crippen LogP contribution in [0.2, 0.25) is 0 Å². The maximum Gasteiger partial charge on any atom is 0.335 e. The number of carboxylic acid groups (broad SMARTS) is 1. The second-order valence-electron chi connectivity index (χ2n) is 4.57. The van der Waals surface area contributed by atoms with Crippen LogP contribution in [-0.4, -0.2) is 27.9 Å². The van der Waals surface area contributed by atoms with E-state index in [4.69, 9.17) is 9.84 Å². The molecule has 0 fully saturated rings. The lowest BCUT2D eigenvalue weighted by atomic mass is 9.97. The number of hydrogen-bond donors (Lipinski definition) is 2. The number of carbonyl (C=O) groups is 1. The third-order valence-corrected chi connectivity index (χ3v) is 2.30. The molecule has 1 atom stereocenters. The van der Waals surface area contributed by atoms with Gasteiger partial charge in [0.15, 0.2) is 5.60 Å². The summed E-state index contributed by atoms with van der Waals surface area (Å²) in [6.45, 7) is 5.15. The third-order valence-electron chi connectivity index (χ3n) is 2.30. The van der Waals surface area contributed by atoms with Crippen molar-refractivity contribution in [2.24, 2.45) is 0 Å². The minimum absolute atomic E-state index is 0.0737. The molecule has 1 unspecified atom stereocenters. The second kappa shape index (κ2) is 5.19. The molecule has 2 N–H and O–H groups in total. The predicted octanol–water partition coefficient (Wildman–Crippen LogP) is 1.85. The molecule has 0 aliphatic heterocycles. The van der Waals surface area contributed by atoms with Crippen LogP contribution in [0.25, 0.3) is 0 Å². The molecule has 0 saturated heterocycles. The van der Waals surface area contributed by atoms with Crippen LogP contribution < -0.4 is 4.74 Å². The molecule has 4 nitrogen and oxygen atoms in total. The molecule has 0 aliphatic rings. The minimum Gasteiger partial charge on any atom is -0.491 e. The number of carboxylic acids is 1. The lowest BCUT2D eigenvalue weighted by molar-refractivity contribution is -0.156. The molecule has 1 rings (SSSR count). The number of aliphatic carboxylic acids is 1. The van der Waals surface area contributed by atoms with Crippen molar-refractivity contribution in [3.8, 4) is 5.75 Å². The zero-order valence-electron chi connectivity index (χ0n) is 10.3. The summed E-state index contributed by atoms with van der Waals surface area (Å²) >= 11 is 0. The van der Waals surface area contributed by atoms with Crippen molar-refractivity contribution < 1.29 is 19.7 Å². The average Bonchev–Trinajstić information content (AvgIpc) is 2.19. The van der Waals surface area contributed by atoms with E-state index in [-0.39, 0.29) is 12.5 Å². The fourth-order valence-electron chi connectivity index (χ4n) is 1.43. The normalized spacial score (nSPS) is 14.4. The van der Waals surface area contributed by atoms with Crippen molar-refractivity contribution in [1.82, 2.24) is 0 Å². The molecular weight excluding hydrogens is 220 g/mol. The number of rotatable bonds is 5. The van der Waals surface area contributed by atoms with Gasteiger partial charge in [0.25, 0.3) is 0 Å². The van der Waals surface area contributed by atoms with Crippen LogP contribution in [0.4, 0.5) is 0 Å². The number of ether oxygens (including phenoxy) is 1. The first-order valence-corrected chi connectivity index (χ1v) is 5.52. The Morgan fingerprint density at radius 1 is 1.35 bits per heavy atom. The Bertz CT molecular complexity index is 379. The largest absolute Gasteiger partial charge is 0.491 e. The van der Waals surface area contributed by atoms with Gasteiger partial charge >= 0.3 is 5.97 Å². The zero-order chi connectivity index (χ0) is 13.1. The first-order valence-electron chi connectivity index (χ1n) is 5.52. The van der Waals surface area contributed by atoms with Gasteiger partial charge in [-0.1, -0.05) is 12.1 Å². The van der Waals surface area contributed by atoms with E-state index in [2.05, 4.69) is 0 Å². The van der Waals surface area contributed by atoms with Crippen molar-refractivity contribution in [3.63, 3.8) is 0 Å². The van der Waals surface area contributed by atoms with Crippen molar-refractivity contribution >= 4 is 5.97 Å². The van der Waals surface area contributed by atoms with Crippen LogP contribution >= 0.6 is 0 Å². The van der Waals surface area contributed by atoms with E-state index in [9.17, 15) is 9.90 Å². The molecule has 0 saturated carbocycles. The first kappa shape index (κ1) is 13.5. The molecule has 0 heterocycles. The van der Waals surface area contributed by atoms with Crippen LogP contribution in [0.5, 0.6) is 5.75 Å². The summed E-state index contributed by atoms with van der Waals surface area (Å²) in [5, 5.41) is 18.4. The number of aliphatic hydroxyl groups is 1. The van der Waals surface area contributed by atoms with Gasteiger partial charge < -0.3 is 14.9 Å². The molecular formula is C13H18O4. The molecule has 17 heavy (non-hydrogen) atoms. The summed E-state index contributed by atoms with van der Waals surface area (Å²) in [5.74, 6) is -0.487. The average molecular weight is 238 g/mol. The van der Waals surface area contributed by atoms with Crippen LogP contribution in [0.15, 0.2) is 24.3 Å². The van der Waals surface area contributed by atoms with E-state index in [1.165, 1.54) is 6.92 Å². The summed E-state index contributed by atoms with van der Waals surface area (Å²) < 4.78 is 5.47. The Kier molecular flexibility index (Phi) is 4.12. The zero-order valence-corrected chi connectivity index (χ0v) is 10.3. The first-order chi connectivity index (χ1) is 7.81. The highest BCUT2D eigenvalue weighted by Crippen LogP contribution is 2.18. The summed E-state index contributed by atoms with van der Waals surface area (Å²) in [5.41, 5.74) is -0.978. The van der Waals surface area contributed by atoms with Gasteiger partial charge in [0.05, 0.1) is 6.10 Å². The number of benzene rings is 1. The van der Waals surface area contributed by atoms with Crippen molar-refractivity contribution in [3.05, 3.63) is 29.8 Å². The van der Waals surface area contributed by atoms with Crippen molar-refractivity contribution in [2.75, 3.05) is 0 Å². The topological polar surface area (TPSA) is 66.8 Å². The van der Waals surface area contributed by atoms with Crippen LogP contribution in [0.3, 0.4) is 0 Å². The minimum atomic E-state index is -1.74. The molecule has 0 aromatic heterocycles. The van der Waals surface area contributed by atoms with Gasteiger partial charge in [0, 0.05) is 6.42 Å². The lowest BCUT2D eigenvalue weighted by Gasteiger charge is -2.18. The molecule has 1 aromatic rings. The molecule has 1 aromatic carbocycles. The summed E-state index contributed by atoms with van der Waals surface area (Å²) in [7, 11) is 0. The van der Waals surface area contributed by atoms with Gasteiger partial charge in [-0.05, 0) is 38.5 Å². The van der Waals surface area contributed by atoms with E-state index in [1.54, 1.807) is 24.3 Å². The summed E-state index contributed by atoms with van der Waals surface area (Å²) in [4.78, 5) is 10.8. The highest BCUT2D eigenvalue weighted by molar-refractivity contribution is 5.76. The quantitative estimate of drug-likeness (QED) is 0.821. The maximum absolute atomic E-state index is 10.8. The van der Waals surface area contributed by atoms with E-state index >= 15 is 0 Å². The molecule has 0 amide bonds. The maximum atomic E-state index is 10.8. The van der Waals surface area contributed by atoms with Gasteiger partial charge in [-0.15, -0.1) is 0 Å². The SMILES string of the molecule is CC(C)Oc1ccc(CC(C)(O)C(=O)O)cc1. The van der Waals surface area contributed by atoms with Crippen LogP contribution in [0.1, 0.15) is 26.3 Å². The van der Waals surface area contributed by atoms with Crippen molar-refractivity contribution in [1.29, 1.82) is 0 Å². The van der Waals surface area contributed by atoms with Crippen molar-refractivity contribution in [2.45, 2.75) is 38.9 Å². The molecule has 4 heteroatoms. The highest BCUT2D eigenvalue weighted by Gasteiger charge is 2.29. The van der Waals surface area contributed by atoms with Crippen LogP contribution in [0, 0.1) is 0 Å². The Morgan fingerprint density at radius 3 is 2.29 bits per heavy atom. The number of hydrogen-bond acceptors (Lipinski definition) is 3. The van der Waals surface area contributed by atoms with Gasteiger partial charge in [-0.25, -0.2) is 4.79 Å². The summed E-state index contributed by atoms with van der Waals surface area (Å²) in [6.07, 6.45) is 0.174. The summed E-state index contributed by atoms with van der Waals surface area (Å²) in [6, 6.07) is 7.06. The lowest BCUT2D eigenvalue weighted by Crippen LogP contribution is -2.37. The Hall–Kier alpha value is -1.55. The van der Waals surface area contributed by atoms with Crippen LogP contribution in [-0.2, 0) is 11.2 Å². The molecule has 0 aliphatic carbocycles. The smallest absolute Gasteiger partial charge is 0.335 e. The van der Waals surface area contributed by atoms with Gasteiger partial charge in [0.2, 0.25) is 0 Å². The van der Waals surface area contributed by atoms with E-state index in [0.29, 0.717) is 0 Å². The van der Waals surface area contributed by atoms with Gasteiger partial charge in [-0.2, -0.15) is 0 Å². The fraction of sp³-hybridized carbons (Fsp3) is 0.462. The van der Waals surface area contributed by atoms with Gasteiger partial charge in [0.1, 0.15) is 5.75 Å². The fourth-order valence-corrected chi connectivity index (χ4v) is 1.43. The van der Waals surface area contributed by atoms with E-state index in [0.717, 1.165) is 11.3 Å². The van der Waals surface area contributed by atoms with E-state index < -0.39 is 11.6 Å². The Morgan fingerprint density at radius 2 is 1.88 bits per heavy atom. The second-order valence-corrected chi connectivity index (χ2v) is 4.57. The Labute approximate surface area is 101 Å². The third kappa shape index (κ3) is 4.07. The van der Waals surface area contributed by atoms with Gasteiger partial charge in [-0.3, -0.25) is 0 Å². The monoisotopic (exact) mass is 238 g/mol. The molecule has 0 bridgehead atoms. The highest BCUT2D eigenvalue weighted by atomic mass is 16.5. The standard InChI is InChI=1S/C13H18O4/c1-9(2)17-11-6-4-10(5-7-11)8-13(3,16)12(14)15/h4-7,9,16H,8H2,1-3H3,(H,14,15). The predicted molar refractivity (Wildman–Crippen MR) is 64.2 cm³/mol. The Balaban J connectivity index is 2.72.